The van der Waals surface area contributed by atoms with E-state index in [1.54, 1.807) is 4.90 Å². The summed E-state index contributed by atoms with van der Waals surface area (Å²) in [5.74, 6) is -1.36. The number of hydrogen-bond acceptors (Lipinski definition) is 5. The van der Waals surface area contributed by atoms with E-state index in [-0.39, 0.29) is 17.6 Å². The van der Waals surface area contributed by atoms with E-state index in [1.165, 1.54) is 29.7 Å². The van der Waals surface area contributed by atoms with Gasteiger partial charge in [-0.15, -0.1) is 11.3 Å². The van der Waals surface area contributed by atoms with Gasteiger partial charge in [-0.1, -0.05) is 6.07 Å². The maximum Gasteiger partial charge on any atom is 0.354 e. The van der Waals surface area contributed by atoms with Gasteiger partial charge in [0, 0.05) is 29.2 Å². The predicted molar refractivity (Wildman–Crippen MR) is 89.2 cm³/mol. The largest absolute Gasteiger partial charge is 0.477 e. The van der Waals surface area contributed by atoms with Crippen molar-refractivity contribution in [2.75, 3.05) is 6.54 Å². The maximum atomic E-state index is 12.7. The van der Waals surface area contributed by atoms with E-state index < -0.39 is 12.1 Å². The summed E-state index contributed by atoms with van der Waals surface area (Å²) in [6.07, 6.45) is 2.95. The molecule has 3 rings (SSSR count). The lowest BCUT2D eigenvalue weighted by atomic mass is 10.0. The normalized spacial score (nSPS) is 18.5. The Balaban J connectivity index is 1.74. The fraction of sp³-hybridized carbons (Fsp3) is 0.353. The number of carbonyl (C=O) groups is 2. The third kappa shape index (κ3) is 3.47. The number of nitrogens with zero attached hydrogens (tertiary/aromatic N) is 2. The summed E-state index contributed by atoms with van der Waals surface area (Å²) in [4.78, 5) is 30.1. The lowest BCUT2D eigenvalue weighted by Crippen LogP contribution is -2.36. The summed E-state index contributed by atoms with van der Waals surface area (Å²) in [6, 6.07) is 6.57. The molecule has 0 radical (unpaired) electrons. The van der Waals surface area contributed by atoms with Gasteiger partial charge in [-0.2, -0.15) is 0 Å². The highest BCUT2D eigenvalue weighted by atomic mass is 32.1. The molecule has 7 heteroatoms. The highest BCUT2D eigenvalue weighted by Crippen LogP contribution is 2.30. The van der Waals surface area contributed by atoms with Crippen LogP contribution in [-0.4, -0.2) is 44.6 Å². The molecular weight excluding hydrogens is 328 g/mol. The Morgan fingerprint density at radius 3 is 2.96 bits per heavy atom. The van der Waals surface area contributed by atoms with Crippen molar-refractivity contribution in [3.8, 4) is 0 Å². The number of carboxylic acid groups (broad SMARTS) is 1. The molecule has 3 heterocycles. The summed E-state index contributed by atoms with van der Waals surface area (Å²) in [5, 5.41) is 21.3. The Morgan fingerprint density at radius 1 is 1.42 bits per heavy atom. The van der Waals surface area contributed by atoms with Gasteiger partial charge >= 0.3 is 5.97 Å². The van der Waals surface area contributed by atoms with Crippen LogP contribution in [0.2, 0.25) is 0 Å². The lowest BCUT2D eigenvalue weighted by molar-refractivity contribution is 0.0670. The number of aromatic nitrogens is 1. The first-order valence-corrected chi connectivity index (χ1v) is 8.66. The first kappa shape index (κ1) is 16.6. The van der Waals surface area contributed by atoms with Gasteiger partial charge in [-0.05, 0) is 42.8 Å². The van der Waals surface area contributed by atoms with Crippen LogP contribution in [0.3, 0.4) is 0 Å². The van der Waals surface area contributed by atoms with E-state index in [0.717, 1.165) is 17.7 Å². The zero-order chi connectivity index (χ0) is 17.1. The second-order valence-electron chi connectivity index (χ2n) is 5.80. The van der Waals surface area contributed by atoms with Crippen molar-refractivity contribution < 1.29 is 19.8 Å². The smallest absolute Gasteiger partial charge is 0.354 e. The number of aromatic carboxylic acids is 1. The number of carboxylic acids is 1. The van der Waals surface area contributed by atoms with E-state index in [0.29, 0.717) is 18.5 Å². The average molecular weight is 346 g/mol. The van der Waals surface area contributed by atoms with Crippen molar-refractivity contribution in [2.45, 2.75) is 31.4 Å². The van der Waals surface area contributed by atoms with Crippen LogP contribution >= 0.6 is 11.3 Å². The molecule has 0 saturated carbocycles. The molecule has 2 aromatic rings. The fourth-order valence-electron chi connectivity index (χ4n) is 3.05. The van der Waals surface area contributed by atoms with Crippen molar-refractivity contribution in [3.63, 3.8) is 0 Å². The van der Waals surface area contributed by atoms with Gasteiger partial charge in [0.2, 0.25) is 0 Å². The van der Waals surface area contributed by atoms with E-state index >= 15 is 0 Å². The Hall–Kier alpha value is -2.25. The van der Waals surface area contributed by atoms with Crippen LogP contribution < -0.4 is 0 Å². The number of aliphatic hydroxyl groups excluding tert-OH is 1. The minimum Gasteiger partial charge on any atom is -0.477 e. The Labute approximate surface area is 143 Å². The van der Waals surface area contributed by atoms with Gasteiger partial charge in [0.05, 0.1) is 6.10 Å². The highest BCUT2D eigenvalue weighted by molar-refractivity contribution is 7.10. The number of carbonyl (C=O) groups excluding carboxylic acids is 1. The monoisotopic (exact) mass is 346 g/mol. The van der Waals surface area contributed by atoms with Gasteiger partial charge in [-0.25, -0.2) is 9.78 Å². The van der Waals surface area contributed by atoms with Crippen molar-refractivity contribution in [1.29, 1.82) is 0 Å². The molecule has 0 aromatic carbocycles. The molecule has 1 aliphatic heterocycles. The van der Waals surface area contributed by atoms with Crippen molar-refractivity contribution >= 4 is 23.2 Å². The van der Waals surface area contributed by atoms with Gasteiger partial charge < -0.3 is 15.1 Å². The van der Waals surface area contributed by atoms with Crippen LogP contribution in [0.4, 0.5) is 0 Å². The first-order valence-electron chi connectivity index (χ1n) is 7.78. The van der Waals surface area contributed by atoms with Crippen LogP contribution in [0.25, 0.3) is 0 Å². The lowest BCUT2D eigenvalue weighted by Gasteiger charge is -2.26. The molecule has 2 atom stereocenters. The van der Waals surface area contributed by atoms with Gasteiger partial charge in [0.15, 0.2) is 0 Å². The van der Waals surface area contributed by atoms with E-state index in [1.807, 2.05) is 17.5 Å². The Bertz CT molecular complexity index is 732. The zero-order valence-corrected chi connectivity index (χ0v) is 13.8. The van der Waals surface area contributed by atoms with Gasteiger partial charge in [0.1, 0.15) is 5.69 Å². The number of aliphatic hydroxyl groups is 1. The second kappa shape index (κ2) is 7.11. The molecule has 1 fully saturated rings. The van der Waals surface area contributed by atoms with E-state index in [9.17, 15) is 14.7 Å². The number of thiophene rings is 1. The quantitative estimate of drug-likeness (QED) is 0.868. The minimum absolute atomic E-state index is 0.0453. The van der Waals surface area contributed by atoms with Crippen LogP contribution in [0.5, 0.6) is 0 Å². The molecule has 2 unspecified atom stereocenters. The molecule has 2 N–H and O–H groups in total. The average Bonchev–Trinajstić information content (AvgIpc) is 3.26. The first-order chi connectivity index (χ1) is 11.6. The molecule has 24 heavy (non-hydrogen) atoms. The molecule has 6 nitrogen and oxygen atoms in total. The summed E-state index contributed by atoms with van der Waals surface area (Å²) in [7, 11) is 0. The molecular formula is C17H18N2O4S. The minimum atomic E-state index is -1.16. The summed E-state index contributed by atoms with van der Waals surface area (Å²) in [6.45, 7) is 0.616. The zero-order valence-electron chi connectivity index (χ0n) is 13.0. The standard InChI is InChI=1S/C17H18N2O4S/c20-14(15-4-2-8-24-15)10-12-3-1-7-19(12)16(21)11-5-6-18-13(9-11)17(22)23/h2,4-6,8-9,12,14,20H,1,3,7,10H2,(H,22,23). The Morgan fingerprint density at radius 2 is 2.25 bits per heavy atom. The number of amides is 1. The number of likely N-dealkylation sites (tertiary alicyclic amines) is 1. The molecule has 2 aromatic heterocycles. The summed E-state index contributed by atoms with van der Waals surface area (Å²) >= 11 is 1.50. The van der Waals surface area contributed by atoms with Crippen LogP contribution in [-0.2, 0) is 0 Å². The third-order valence-electron chi connectivity index (χ3n) is 4.23. The second-order valence-corrected chi connectivity index (χ2v) is 6.78. The maximum absolute atomic E-state index is 12.7. The summed E-state index contributed by atoms with van der Waals surface area (Å²) in [5.41, 5.74) is 0.176. The summed E-state index contributed by atoms with van der Waals surface area (Å²) < 4.78 is 0. The predicted octanol–water partition coefficient (Wildman–Crippen LogP) is 2.57. The molecule has 0 aliphatic carbocycles. The topological polar surface area (TPSA) is 90.7 Å². The third-order valence-corrected chi connectivity index (χ3v) is 5.20. The van der Waals surface area contributed by atoms with Crippen LogP contribution in [0, 0.1) is 0 Å². The number of pyridine rings is 1. The molecule has 1 aliphatic rings. The number of rotatable bonds is 5. The highest BCUT2D eigenvalue weighted by Gasteiger charge is 2.31. The molecule has 0 spiro atoms. The van der Waals surface area contributed by atoms with Crippen LogP contribution in [0.15, 0.2) is 35.8 Å². The fourth-order valence-corrected chi connectivity index (χ4v) is 3.77. The molecule has 1 amide bonds. The van der Waals surface area contributed by atoms with Crippen molar-refractivity contribution in [3.05, 3.63) is 52.0 Å². The molecule has 0 bridgehead atoms. The van der Waals surface area contributed by atoms with Crippen LogP contribution in [0.1, 0.15) is 51.1 Å². The van der Waals surface area contributed by atoms with E-state index in [4.69, 9.17) is 5.11 Å². The number of hydrogen-bond donors (Lipinski definition) is 2. The van der Waals surface area contributed by atoms with E-state index in [2.05, 4.69) is 4.98 Å². The molecule has 1 saturated heterocycles. The Kier molecular flexibility index (Phi) is 4.92. The van der Waals surface area contributed by atoms with Crippen molar-refractivity contribution in [2.24, 2.45) is 0 Å². The molecule has 126 valence electrons. The van der Waals surface area contributed by atoms with Gasteiger partial charge in [0.25, 0.3) is 5.91 Å². The van der Waals surface area contributed by atoms with Crippen molar-refractivity contribution in [1.82, 2.24) is 9.88 Å². The SMILES string of the molecule is O=C(O)c1cc(C(=O)N2CCCC2CC(O)c2cccs2)ccn1. The van der Waals surface area contributed by atoms with Gasteiger partial charge in [-0.3, -0.25) is 4.79 Å².